The van der Waals surface area contributed by atoms with E-state index >= 15 is 0 Å². The van der Waals surface area contributed by atoms with Gasteiger partial charge in [0.15, 0.2) is 0 Å². The number of anilines is 1. The molecule has 0 aromatic heterocycles. The smallest absolute Gasteiger partial charge is 0.244 e. The number of allylic oxidation sites excluding steroid dienone is 4. The molecule has 2 aromatic rings. The fourth-order valence-corrected chi connectivity index (χ4v) is 5.87. The van der Waals surface area contributed by atoms with Crippen LogP contribution in [0, 0.1) is 13.8 Å². The van der Waals surface area contributed by atoms with E-state index < -0.39 is 0 Å². The van der Waals surface area contributed by atoms with Crippen molar-refractivity contribution >= 4 is 22.7 Å². The molecule has 0 aliphatic heterocycles. The number of aliphatic hydroxyl groups excluding tert-OH is 2. The molecule has 1 atom stereocenters. The Balaban J connectivity index is 0.00000163. The summed E-state index contributed by atoms with van der Waals surface area (Å²) in [5.74, 6) is 0.886. The van der Waals surface area contributed by atoms with Crippen molar-refractivity contribution in [2.45, 2.75) is 112 Å². The average molecular weight is 633 g/mol. The van der Waals surface area contributed by atoms with E-state index in [1.165, 1.54) is 33.4 Å². The summed E-state index contributed by atoms with van der Waals surface area (Å²) in [6.45, 7) is 20.6. The van der Waals surface area contributed by atoms with Crippen LogP contribution in [0.3, 0.4) is 0 Å². The largest absolute Gasteiger partial charge is 0.490 e. The number of nitrogens with one attached hydrogen (secondary N) is 2. The number of aliphatic hydroxyl groups is 2. The Hall–Kier alpha value is -3.61. The molecule has 6 nitrogen and oxygen atoms in total. The van der Waals surface area contributed by atoms with E-state index in [9.17, 15) is 4.79 Å². The first-order valence-electron chi connectivity index (χ1n) is 16.7. The van der Waals surface area contributed by atoms with Crippen molar-refractivity contribution in [3.8, 4) is 5.75 Å². The van der Waals surface area contributed by atoms with Gasteiger partial charge in [0.05, 0.1) is 12.1 Å². The molecule has 0 spiro atoms. The topological polar surface area (TPSA) is 90.8 Å². The van der Waals surface area contributed by atoms with E-state index in [2.05, 4.69) is 94.3 Å². The molecule has 1 unspecified atom stereocenters. The number of hydrogen-bond donors (Lipinski definition) is 4. The second-order valence-electron chi connectivity index (χ2n) is 11.9. The third kappa shape index (κ3) is 12.3. The second kappa shape index (κ2) is 21.2. The van der Waals surface area contributed by atoms with Gasteiger partial charge in [0, 0.05) is 32.0 Å². The van der Waals surface area contributed by atoms with Gasteiger partial charge < -0.3 is 25.6 Å². The minimum Gasteiger partial charge on any atom is -0.490 e. The maximum absolute atomic E-state index is 11.7. The minimum atomic E-state index is -0.167. The third-order valence-electron chi connectivity index (χ3n) is 7.82. The van der Waals surface area contributed by atoms with E-state index in [4.69, 9.17) is 14.9 Å². The molecule has 0 saturated heterocycles. The first-order chi connectivity index (χ1) is 22.0. The fourth-order valence-electron chi connectivity index (χ4n) is 5.87. The zero-order valence-corrected chi connectivity index (χ0v) is 30.1. The predicted octanol–water partition coefficient (Wildman–Crippen LogP) is 8.96. The molecule has 1 aliphatic rings. The Morgan fingerprint density at radius 1 is 1.07 bits per heavy atom. The van der Waals surface area contributed by atoms with Crippen LogP contribution >= 0.6 is 0 Å². The van der Waals surface area contributed by atoms with Crippen molar-refractivity contribution < 1.29 is 19.7 Å². The number of hydrogen-bond acceptors (Lipinski definition) is 5. The summed E-state index contributed by atoms with van der Waals surface area (Å²) in [6.07, 6.45) is 12.5. The van der Waals surface area contributed by atoms with Gasteiger partial charge in [-0.25, -0.2) is 0 Å². The zero-order valence-electron chi connectivity index (χ0n) is 30.1. The highest BCUT2D eigenvalue weighted by molar-refractivity contribution is 5.94. The maximum Gasteiger partial charge on any atom is 0.244 e. The Morgan fingerprint density at radius 2 is 1.61 bits per heavy atom. The van der Waals surface area contributed by atoms with Crippen molar-refractivity contribution in [3.05, 3.63) is 94.6 Å². The first kappa shape index (κ1) is 40.4. The molecule has 1 amide bonds. The lowest BCUT2D eigenvalue weighted by atomic mass is 9.88. The van der Waals surface area contributed by atoms with Crippen LogP contribution in [0.2, 0.25) is 0 Å². The van der Waals surface area contributed by atoms with Gasteiger partial charge in [-0.3, -0.25) is 4.79 Å². The minimum absolute atomic E-state index is 0.0939. The predicted molar refractivity (Wildman–Crippen MR) is 197 cm³/mol. The Labute approximate surface area is 279 Å². The van der Waals surface area contributed by atoms with Crippen LogP contribution < -0.4 is 15.4 Å². The third-order valence-corrected chi connectivity index (χ3v) is 7.82. The van der Waals surface area contributed by atoms with Crippen molar-refractivity contribution in [1.82, 2.24) is 5.32 Å². The fraction of sp³-hybridized carbons (Fsp3) is 0.475. The molecule has 1 aliphatic carbocycles. The van der Waals surface area contributed by atoms with E-state index in [0.29, 0.717) is 0 Å². The van der Waals surface area contributed by atoms with E-state index in [1.54, 1.807) is 27.0 Å². The molecule has 3 rings (SSSR count). The number of amides is 1. The summed E-state index contributed by atoms with van der Waals surface area (Å²) in [7, 11) is 2.64. The van der Waals surface area contributed by atoms with Gasteiger partial charge >= 0.3 is 0 Å². The molecule has 0 radical (unpaired) electrons. The van der Waals surface area contributed by atoms with E-state index in [0.717, 1.165) is 68.2 Å². The monoisotopic (exact) mass is 632 g/mol. The number of carbonyl (C=O) groups is 1. The van der Waals surface area contributed by atoms with Crippen LogP contribution in [0.15, 0.2) is 72.4 Å². The maximum atomic E-state index is 11.7. The SMILES string of the molecule is C=CC1=C(/C(=C\C)c2c(C)cc(OC(CCC)CCC)cc2C)CCC1Nc1ccc(/C(C)=C/C(=O)NC)cc1.CC(C)O.CO. The van der Waals surface area contributed by atoms with Crippen LogP contribution in [-0.2, 0) is 4.79 Å². The second-order valence-corrected chi connectivity index (χ2v) is 11.9. The van der Waals surface area contributed by atoms with Crippen molar-refractivity contribution in [1.29, 1.82) is 0 Å². The standard InChI is InChI=1S/C36H48N2O2.C3H8O.CH4O/c1-9-13-29(14-10-2)40-30-21-25(6)36(26(7)22-30)32(12-4)33-19-20-34(31(33)11-3)38-28-17-15-27(16-18-28)24(5)23-35(39)37-8;1-3(2)4;1-2/h11-12,15-18,21-23,29,34,38H,3,9-10,13-14,19-20H2,1-2,4-8H3,(H,37,39);3-4H,1-2H3;2H,1H3/b24-23+,32-12+;;. The number of carbonyl (C=O) groups excluding carboxylic acids is 1. The summed E-state index contributed by atoms with van der Waals surface area (Å²) < 4.78 is 6.44. The first-order valence-corrected chi connectivity index (χ1v) is 16.7. The molecule has 4 N–H and O–H groups in total. The molecular weight excluding hydrogens is 572 g/mol. The molecule has 0 saturated carbocycles. The Morgan fingerprint density at radius 3 is 2.07 bits per heavy atom. The van der Waals surface area contributed by atoms with Gasteiger partial charge in [0.25, 0.3) is 0 Å². The normalized spacial score (nSPS) is 14.8. The number of ether oxygens (including phenoxy) is 1. The van der Waals surface area contributed by atoms with Gasteiger partial charge in [0.1, 0.15) is 5.75 Å². The van der Waals surface area contributed by atoms with Gasteiger partial charge in [-0.15, -0.1) is 0 Å². The lowest BCUT2D eigenvalue weighted by molar-refractivity contribution is -0.116. The summed E-state index contributed by atoms with van der Waals surface area (Å²) in [5.41, 5.74) is 10.8. The van der Waals surface area contributed by atoms with E-state index in [-0.39, 0.29) is 24.2 Å². The molecule has 6 heteroatoms. The molecule has 0 fully saturated rings. The van der Waals surface area contributed by atoms with Gasteiger partial charge in [0.2, 0.25) is 5.91 Å². The Bertz CT molecular complexity index is 1300. The highest BCUT2D eigenvalue weighted by atomic mass is 16.5. The van der Waals surface area contributed by atoms with Crippen molar-refractivity contribution in [2.75, 3.05) is 19.5 Å². The quantitative estimate of drug-likeness (QED) is 0.166. The van der Waals surface area contributed by atoms with Crippen LogP contribution in [0.4, 0.5) is 5.69 Å². The Kier molecular flexibility index (Phi) is 18.7. The highest BCUT2D eigenvalue weighted by Crippen LogP contribution is 2.41. The summed E-state index contributed by atoms with van der Waals surface area (Å²) >= 11 is 0. The van der Waals surface area contributed by atoms with Crippen LogP contribution in [0.1, 0.15) is 102 Å². The highest BCUT2D eigenvalue weighted by Gasteiger charge is 2.27. The molecular formula is C40H60N2O4. The lowest BCUT2D eigenvalue weighted by Crippen LogP contribution is -2.18. The molecule has 254 valence electrons. The average Bonchev–Trinajstić information content (AvgIpc) is 3.42. The number of benzene rings is 2. The van der Waals surface area contributed by atoms with Gasteiger partial charge in [-0.1, -0.05) is 57.6 Å². The lowest BCUT2D eigenvalue weighted by Gasteiger charge is -2.22. The zero-order chi connectivity index (χ0) is 34.8. The molecule has 0 bridgehead atoms. The summed E-state index contributed by atoms with van der Waals surface area (Å²) in [6, 6.07) is 12.9. The van der Waals surface area contributed by atoms with Crippen LogP contribution in [-0.4, -0.2) is 48.5 Å². The van der Waals surface area contributed by atoms with Crippen LogP contribution in [0.5, 0.6) is 5.75 Å². The van der Waals surface area contributed by atoms with Crippen molar-refractivity contribution in [2.24, 2.45) is 0 Å². The summed E-state index contributed by atoms with van der Waals surface area (Å²) in [4.78, 5) is 11.7. The summed E-state index contributed by atoms with van der Waals surface area (Å²) in [5, 5.41) is 21.4. The number of aryl methyl sites for hydroxylation is 2. The van der Waals surface area contributed by atoms with Crippen molar-refractivity contribution in [3.63, 3.8) is 0 Å². The van der Waals surface area contributed by atoms with E-state index in [1.807, 2.05) is 13.0 Å². The number of rotatable bonds is 13. The van der Waals surface area contributed by atoms with Crippen LogP contribution in [0.25, 0.3) is 11.1 Å². The van der Waals surface area contributed by atoms with Gasteiger partial charge in [-0.05, 0) is 136 Å². The molecule has 2 aromatic carbocycles. The number of likely N-dealkylation sites (N-methyl/N-ethyl adjacent to an activating group) is 1. The molecule has 0 heterocycles. The van der Waals surface area contributed by atoms with Gasteiger partial charge in [-0.2, -0.15) is 0 Å². The molecule has 46 heavy (non-hydrogen) atoms.